The number of nitrogens with zero attached hydrogens (tertiary/aromatic N) is 1. The molecule has 3 atom stereocenters. The van der Waals surface area contributed by atoms with Crippen LogP contribution in [-0.4, -0.2) is 36.8 Å². The highest BCUT2D eigenvalue weighted by Crippen LogP contribution is 2.35. The Morgan fingerprint density at radius 1 is 1.35 bits per heavy atom. The molecular weight excluding hydrogens is 372 g/mol. The summed E-state index contributed by atoms with van der Waals surface area (Å²) in [6.45, 7) is 0. The van der Waals surface area contributed by atoms with Gasteiger partial charge in [0.25, 0.3) is 0 Å². The van der Waals surface area contributed by atoms with Crippen LogP contribution >= 0.6 is 11.3 Å². The number of thiazole rings is 1. The van der Waals surface area contributed by atoms with Crippen molar-refractivity contribution in [2.75, 3.05) is 11.6 Å². The van der Waals surface area contributed by atoms with Gasteiger partial charge < -0.3 is 10.4 Å². The van der Waals surface area contributed by atoms with E-state index < -0.39 is 15.8 Å². The first kappa shape index (κ1) is 19.0. The highest BCUT2D eigenvalue weighted by Gasteiger charge is 2.32. The third kappa shape index (κ3) is 4.49. The van der Waals surface area contributed by atoms with Crippen molar-refractivity contribution in [1.29, 1.82) is 0 Å². The van der Waals surface area contributed by atoms with Gasteiger partial charge in [0.15, 0.2) is 15.0 Å². The highest BCUT2D eigenvalue weighted by molar-refractivity contribution is 7.90. The van der Waals surface area contributed by atoms with Crippen LogP contribution < -0.4 is 5.32 Å². The largest absolute Gasteiger partial charge is 0.393 e. The summed E-state index contributed by atoms with van der Waals surface area (Å²) in [6, 6.07) is 6.42. The van der Waals surface area contributed by atoms with Crippen molar-refractivity contribution < 1.29 is 18.3 Å². The van der Waals surface area contributed by atoms with E-state index in [2.05, 4.69) is 10.3 Å². The van der Waals surface area contributed by atoms with Gasteiger partial charge in [-0.15, -0.1) is 11.3 Å². The number of benzene rings is 1. The number of amides is 1. The van der Waals surface area contributed by atoms with Gasteiger partial charge in [0.1, 0.15) is 0 Å². The van der Waals surface area contributed by atoms with Gasteiger partial charge in [0, 0.05) is 17.8 Å². The van der Waals surface area contributed by atoms with Gasteiger partial charge in [-0.3, -0.25) is 4.79 Å². The summed E-state index contributed by atoms with van der Waals surface area (Å²) in [5.41, 5.74) is 0.741. The molecule has 1 amide bonds. The van der Waals surface area contributed by atoms with Gasteiger partial charge in [-0.1, -0.05) is 18.6 Å². The third-order valence-corrected chi connectivity index (χ3v) is 6.66. The van der Waals surface area contributed by atoms with Crippen molar-refractivity contribution in [3.8, 4) is 0 Å². The molecule has 3 unspecified atom stereocenters. The van der Waals surface area contributed by atoms with Crippen molar-refractivity contribution in [2.24, 2.45) is 5.92 Å². The summed E-state index contributed by atoms with van der Waals surface area (Å²) >= 11 is 1.34. The maximum atomic E-state index is 12.8. The summed E-state index contributed by atoms with van der Waals surface area (Å²) in [4.78, 5) is 17.1. The van der Waals surface area contributed by atoms with Crippen LogP contribution in [0.5, 0.6) is 0 Å². The number of anilines is 1. The summed E-state index contributed by atoms with van der Waals surface area (Å²) in [5, 5.41) is 15.3. The number of aromatic nitrogens is 1. The van der Waals surface area contributed by atoms with Crippen LogP contribution in [0.15, 0.2) is 40.7 Å². The predicted octanol–water partition coefficient (Wildman–Crippen LogP) is 2.82. The second-order valence-electron chi connectivity index (χ2n) is 6.71. The van der Waals surface area contributed by atoms with Crippen LogP contribution in [0.2, 0.25) is 0 Å². The first-order valence-corrected chi connectivity index (χ1v) is 11.3. The third-order valence-electron chi connectivity index (χ3n) is 4.85. The minimum atomic E-state index is -3.29. The maximum absolute atomic E-state index is 12.8. The molecule has 2 aromatic rings. The minimum absolute atomic E-state index is 0.0663. The molecule has 26 heavy (non-hydrogen) atoms. The van der Waals surface area contributed by atoms with Crippen LogP contribution in [0.1, 0.15) is 37.2 Å². The van der Waals surface area contributed by atoms with Crippen LogP contribution in [-0.2, 0) is 14.6 Å². The smallest absolute Gasteiger partial charge is 0.233 e. The Morgan fingerprint density at radius 2 is 2.08 bits per heavy atom. The van der Waals surface area contributed by atoms with Gasteiger partial charge in [-0.05, 0) is 42.9 Å². The van der Waals surface area contributed by atoms with Gasteiger partial charge in [-0.25, -0.2) is 13.4 Å². The maximum Gasteiger partial charge on any atom is 0.233 e. The zero-order chi connectivity index (χ0) is 18.7. The molecule has 1 aliphatic rings. The SMILES string of the molecule is CS(=O)(=O)c1ccc(C(CC2CCCC2O)C(=O)Nc2nccs2)cc1. The number of carbonyl (C=O) groups is 1. The number of hydrogen-bond acceptors (Lipinski definition) is 6. The van der Waals surface area contributed by atoms with Gasteiger partial charge >= 0.3 is 0 Å². The molecule has 1 saturated carbocycles. The standard InChI is InChI=1S/C18H22N2O4S2/c1-26(23,24)14-7-5-12(6-8-14)15(11-13-3-2-4-16(13)21)17(22)20-18-19-9-10-25-18/h5-10,13,15-16,21H,2-4,11H2,1H3,(H,19,20,22). The number of sulfone groups is 1. The molecule has 140 valence electrons. The van der Waals surface area contributed by atoms with Gasteiger partial charge in [0.05, 0.1) is 16.9 Å². The van der Waals surface area contributed by atoms with E-state index in [4.69, 9.17) is 0 Å². The molecule has 0 aliphatic heterocycles. The molecular formula is C18H22N2O4S2. The minimum Gasteiger partial charge on any atom is -0.393 e. The molecule has 2 N–H and O–H groups in total. The summed E-state index contributed by atoms with van der Waals surface area (Å²) < 4.78 is 23.3. The molecule has 1 aromatic carbocycles. The lowest BCUT2D eigenvalue weighted by molar-refractivity contribution is -0.118. The lowest BCUT2D eigenvalue weighted by Crippen LogP contribution is -2.26. The first-order chi connectivity index (χ1) is 12.3. The van der Waals surface area contributed by atoms with Gasteiger partial charge in [-0.2, -0.15) is 0 Å². The second kappa shape index (κ2) is 7.85. The lowest BCUT2D eigenvalue weighted by Gasteiger charge is -2.22. The van der Waals surface area contributed by atoms with Crippen molar-refractivity contribution in [3.05, 3.63) is 41.4 Å². The predicted molar refractivity (Wildman–Crippen MR) is 101 cm³/mol. The molecule has 0 saturated heterocycles. The number of nitrogens with one attached hydrogen (secondary N) is 1. The fourth-order valence-corrected chi connectivity index (χ4v) is 4.58. The number of carbonyl (C=O) groups excluding carboxylic acids is 1. The summed E-state index contributed by atoms with van der Waals surface area (Å²) in [7, 11) is -3.29. The Labute approximate surface area is 157 Å². The molecule has 1 fully saturated rings. The quantitative estimate of drug-likeness (QED) is 0.785. The molecule has 8 heteroatoms. The molecule has 1 aliphatic carbocycles. The molecule has 1 heterocycles. The van der Waals surface area contributed by atoms with Crippen LogP contribution in [0.3, 0.4) is 0 Å². The Morgan fingerprint density at radius 3 is 2.62 bits per heavy atom. The fourth-order valence-electron chi connectivity index (χ4n) is 3.41. The second-order valence-corrected chi connectivity index (χ2v) is 9.62. The van der Waals surface area contributed by atoms with E-state index in [1.165, 1.54) is 23.5 Å². The highest BCUT2D eigenvalue weighted by atomic mass is 32.2. The molecule has 3 rings (SSSR count). The normalized spacial score (nSPS) is 21.5. The van der Waals surface area contributed by atoms with Gasteiger partial charge in [0.2, 0.25) is 5.91 Å². The van der Waals surface area contributed by atoms with E-state index >= 15 is 0 Å². The number of rotatable bonds is 6. The molecule has 6 nitrogen and oxygen atoms in total. The topological polar surface area (TPSA) is 96.4 Å². The Balaban J connectivity index is 1.85. The fraction of sp³-hybridized carbons (Fsp3) is 0.444. The van der Waals surface area contributed by atoms with Crippen LogP contribution in [0.4, 0.5) is 5.13 Å². The zero-order valence-electron chi connectivity index (χ0n) is 14.5. The van der Waals surface area contributed by atoms with E-state index in [-0.39, 0.29) is 22.8 Å². The zero-order valence-corrected chi connectivity index (χ0v) is 16.1. The Hall–Kier alpha value is -1.77. The molecule has 0 bridgehead atoms. The van der Waals surface area contributed by atoms with Crippen molar-refractivity contribution in [1.82, 2.24) is 4.98 Å². The average Bonchev–Trinajstić information content (AvgIpc) is 3.24. The van der Waals surface area contributed by atoms with Crippen molar-refractivity contribution in [3.63, 3.8) is 0 Å². The van der Waals surface area contributed by atoms with E-state index in [9.17, 15) is 18.3 Å². The number of hydrogen-bond donors (Lipinski definition) is 2. The first-order valence-electron chi connectivity index (χ1n) is 8.53. The molecule has 1 aromatic heterocycles. The number of aliphatic hydroxyl groups excluding tert-OH is 1. The number of aliphatic hydroxyl groups is 1. The molecule has 0 radical (unpaired) electrons. The lowest BCUT2D eigenvalue weighted by atomic mass is 9.86. The monoisotopic (exact) mass is 394 g/mol. The Bertz CT molecular complexity index is 848. The van der Waals surface area contributed by atoms with Crippen molar-refractivity contribution >= 4 is 32.2 Å². The van der Waals surface area contributed by atoms with E-state index in [1.807, 2.05) is 0 Å². The van der Waals surface area contributed by atoms with E-state index in [0.717, 1.165) is 31.1 Å². The average molecular weight is 395 g/mol. The van der Waals surface area contributed by atoms with Crippen LogP contribution in [0, 0.1) is 5.92 Å². The van der Waals surface area contributed by atoms with E-state index in [1.54, 1.807) is 23.7 Å². The molecule has 0 spiro atoms. The van der Waals surface area contributed by atoms with Crippen molar-refractivity contribution in [2.45, 2.75) is 42.6 Å². The summed E-state index contributed by atoms with van der Waals surface area (Å²) in [5.74, 6) is -0.590. The Kier molecular flexibility index (Phi) is 5.74. The van der Waals surface area contributed by atoms with E-state index in [0.29, 0.717) is 11.6 Å². The summed E-state index contributed by atoms with van der Waals surface area (Å²) in [6.07, 6.45) is 5.53. The van der Waals surface area contributed by atoms with Crippen LogP contribution in [0.25, 0.3) is 0 Å².